The van der Waals surface area contributed by atoms with Gasteiger partial charge in [-0.25, -0.2) is 14.2 Å². The molecule has 0 amide bonds. The maximum Gasteiger partial charge on any atom is 0.376 e. The van der Waals surface area contributed by atoms with Gasteiger partial charge in [-0.15, -0.1) is 0 Å². The third kappa shape index (κ3) is 2.04. The van der Waals surface area contributed by atoms with Crippen LogP contribution in [-0.2, 0) is 4.29 Å². The summed E-state index contributed by atoms with van der Waals surface area (Å²) in [5.41, 5.74) is 0.766. The highest BCUT2D eigenvalue weighted by atomic mass is 35.5. The molecule has 0 spiro atoms. The molecule has 0 fully saturated rings. The molecule has 2 aromatic rings. The molecule has 16 heavy (non-hydrogen) atoms. The molecule has 0 bridgehead atoms. The minimum Gasteiger partial charge on any atom is -0.342 e. The molecule has 0 unspecified atom stereocenters. The summed E-state index contributed by atoms with van der Waals surface area (Å²) < 4.78 is 18.2. The van der Waals surface area contributed by atoms with E-state index >= 15 is 0 Å². The largest absolute Gasteiger partial charge is 0.376 e. The standard InChI is InChI=1S/C10H6ClFN2O2/c11-16-10(15)9-5-14(6-13-9)8-3-1-7(12)2-4-8/h1-6H. The van der Waals surface area contributed by atoms with Gasteiger partial charge in [0.25, 0.3) is 0 Å². The first-order valence-electron chi connectivity index (χ1n) is 4.33. The molecule has 1 aromatic heterocycles. The molecule has 0 aliphatic rings. The Hall–Kier alpha value is -1.88. The van der Waals surface area contributed by atoms with Crippen LogP contribution in [0.4, 0.5) is 4.39 Å². The number of aromatic nitrogens is 2. The zero-order valence-corrected chi connectivity index (χ0v) is 8.69. The van der Waals surface area contributed by atoms with E-state index in [2.05, 4.69) is 9.27 Å². The van der Waals surface area contributed by atoms with Crippen molar-refractivity contribution in [2.45, 2.75) is 0 Å². The van der Waals surface area contributed by atoms with Gasteiger partial charge in [-0.05, 0) is 24.3 Å². The number of hydrogen-bond acceptors (Lipinski definition) is 3. The smallest absolute Gasteiger partial charge is 0.342 e. The van der Waals surface area contributed by atoms with Gasteiger partial charge in [0.1, 0.15) is 24.0 Å². The van der Waals surface area contributed by atoms with Gasteiger partial charge in [0, 0.05) is 11.9 Å². The van der Waals surface area contributed by atoms with E-state index in [1.165, 1.54) is 24.7 Å². The van der Waals surface area contributed by atoms with Gasteiger partial charge in [0.15, 0.2) is 5.69 Å². The number of halogens is 2. The Kier molecular flexibility index (Phi) is 2.87. The Bertz CT molecular complexity index is 510. The Labute approximate surface area is 95.4 Å². The molecular weight excluding hydrogens is 235 g/mol. The highest BCUT2D eigenvalue weighted by Crippen LogP contribution is 2.10. The molecule has 1 heterocycles. The van der Waals surface area contributed by atoms with Crippen molar-refractivity contribution in [3.63, 3.8) is 0 Å². The van der Waals surface area contributed by atoms with Crippen LogP contribution in [0.5, 0.6) is 0 Å². The SMILES string of the molecule is O=C(OCl)c1cn(-c2ccc(F)cc2)cn1. The third-order valence-corrected chi connectivity index (χ3v) is 2.13. The fourth-order valence-electron chi connectivity index (χ4n) is 1.22. The lowest BCUT2D eigenvalue weighted by molar-refractivity contribution is 0.0745. The zero-order chi connectivity index (χ0) is 11.5. The predicted octanol–water partition coefficient (Wildman–Crippen LogP) is 2.32. The highest BCUT2D eigenvalue weighted by Gasteiger charge is 2.10. The van der Waals surface area contributed by atoms with Crippen LogP contribution >= 0.6 is 11.9 Å². The van der Waals surface area contributed by atoms with Crippen molar-refractivity contribution >= 4 is 17.8 Å². The van der Waals surface area contributed by atoms with Crippen molar-refractivity contribution in [1.82, 2.24) is 9.55 Å². The fraction of sp³-hybridized carbons (Fsp3) is 0. The average molecular weight is 241 g/mol. The van der Waals surface area contributed by atoms with Crippen molar-refractivity contribution in [3.05, 3.63) is 48.3 Å². The molecular formula is C10H6ClFN2O2. The van der Waals surface area contributed by atoms with Crippen LogP contribution in [0.25, 0.3) is 5.69 Å². The van der Waals surface area contributed by atoms with E-state index < -0.39 is 5.97 Å². The van der Waals surface area contributed by atoms with Crippen molar-refractivity contribution in [1.29, 1.82) is 0 Å². The lowest BCUT2D eigenvalue weighted by Crippen LogP contribution is -1.97. The van der Waals surface area contributed by atoms with Crippen molar-refractivity contribution in [2.24, 2.45) is 0 Å². The van der Waals surface area contributed by atoms with E-state index in [-0.39, 0.29) is 11.5 Å². The van der Waals surface area contributed by atoms with Gasteiger partial charge in [-0.1, -0.05) is 0 Å². The molecule has 1 aromatic carbocycles. The Morgan fingerprint density at radius 1 is 1.38 bits per heavy atom. The molecule has 0 atom stereocenters. The molecule has 0 aliphatic heterocycles. The van der Waals surface area contributed by atoms with E-state index in [0.29, 0.717) is 5.69 Å². The number of rotatable bonds is 2. The van der Waals surface area contributed by atoms with E-state index in [0.717, 1.165) is 0 Å². The van der Waals surface area contributed by atoms with Crippen LogP contribution < -0.4 is 0 Å². The van der Waals surface area contributed by atoms with Crippen LogP contribution in [-0.4, -0.2) is 15.5 Å². The summed E-state index contributed by atoms with van der Waals surface area (Å²) in [4.78, 5) is 14.8. The minimum atomic E-state index is -0.734. The van der Waals surface area contributed by atoms with E-state index in [1.807, 2.05) is 0 Å². The Morgan fingerprint density at radius 2 is 2.06 bits per heavy atom. The van der Waals surface area contributed by atoms with E-state index in [9.17, 15) is 9.18 Å². The fourth-order valence-corrected chi connectivity index (χ4v) is 1.30. The quantitative estimate of drug-likeness (QED) is 0.809. The van der Waals surface area contributed by atoms with Gasteiger partial charge in [0.05, 0.1) is 0 Å². The first kappa shape index (κ1) is 10.6. The Morgan fingerprint density at radius 3 is 2.69 bits per heavy atom. The first-order chi connectivity index (χ1) is 7.70. The molecule has 0 saturated carbocycles. The summed E-state index contributed by atoms with van der Waals surface area (Å²) in [6, 6.07) is 5.75. The van der Waals surface area contributed by atoms with Crippen LogP contribution in [0.2, 0.25) is 0 Å². The number of hydrogen-bond donors (Lipinski definition) is 0. The van der Waals surface area contributed by atoms with Gasteiger partial charge in [-0.2, -0.15) is 0 Å². The molecule has 0 aliphatic carbocycles. The Balaban J connectivity index is 2.31. The van der Waals surface area contributed by atoms with Crippen LogP contribution in [0.15, 0.2) is 36.8 Å². The lowest BCUT2D eigenvalue weighted by atomic mass is 10.3. The lowest BCUT2D eigenvalue weighted by Gasteiger charge is -2.00. The van der Waals surface area contributed by atoms with Gasteiger partial charge in [-0.3, -0.25) is 0 Å². The number of carbonyl (C=O) groups excluding carboxylic acids is 1. The predicted molar refractivity (Wildman–Crippen MR) is 54.8 cm³/mol. The van der Waals surface area contributed by atoms with Crippen molar-refractivity contribution in [2.75, 3.05) is 0 Å². The molecule has 2 rings (SSSR count). The monoisotopic (exact) mass is 240 g/mol. The van der Waals surface area contributed by atoms with Gasteiger partial charge in [0.2, 0.25) is 0 Å². The first-order valence-corrected chi connectivity index (χ1v) is 4.64. The summed E-state index contributed by atoms with van der Waals surface area (Å²) in [5.74, 6) is -1.06. The van der Waals surface area contributed by atoms with E-state index in [4.69, 9.17) is 11.9 Å². The number of benzene rings is 1. The molecule has 0 N–H and O–H groups in total. The maximum atomic E-state index is 12.7. The topological polar surface area (TPSA) is 44.1 Å². The second kappa shape index (κ2) is 4.32. The molecule has 82 valence electrons. The summed E-state index contributed by atoms with van der Waals surface area (Å²) >= 11 is 4.91. The summed E-state index contributed by atoms with van der Waals surface area (Å²) in [7, 11) is 0. The van der Waals surface area contributed by atoms with Crippen molar-refractivity contribution in [3.8, 4) is 5.69 Å². The van der Waals surface area contributed by atoms with Gasteiger partial charge >= 0.3 is 5.97 Å². The second-order valence-corrected chi connectivity index (χ2v) is 3.16. The summed E-state index contributed by atoms with van der Waals surface area (Å²) in [6.07, 6.45) is 2.86. The minimum absolute atomic E-state index is 0.0827. The van der Waals surface area contributed by atoms with Crippen LogP contribution in [0, 0.1) is 5.82 Å². The molecule has 6 heteroatoms. The van der Waals surface area contributed by atoms with Gasteiger partial charge < -0.3 is 8.86 Å². The summed E-state index contributed by atoms with van der Waals surface area (Å²) in [6.45, 7) is 0. The molecule has 4 nitrogen and oxygen atoms in total. The van der Waals surface area contributed by atoms with E-state index in [1.54, 1.807) is 16.7 Å². The highest BCUT2D eigenvalue weighted by molar-refractivity contribution is 6.15. The maximum absolute atomic E-state index is 12.7. The van der Waals surface area contributed by atoms with Crippen LogP contribution in [0.1, 0.15) is 10.5 Å². The molecule has 0 radical (unpaired) electrons. The third-order valence-electron chi connectivity index (χ3n) is 1.99. The summed E-state index contributed by atoms with van der Waals surface area (Å²) in [5, 5.41) is 0. The number of carbonyl (C=O) groups is 1. The number of nitrogens with zero attached hydrogens (tertiary/aromatic N) is 2. The molecule has 0 saturated heterocycles. The second-order valence-electron chi connectivity index (χ2n) is 3.01. The zero-order valence-electron chi connectivity index (χ0n) is 7.93. The normalized spacial score (nSPS) is 10.1. The number of imidazole rings is 1. The van der Waals surface area contributed by atoms with Crippen molar-refractivity contribution < 1.29 is 13.5 Å². The van der Waals surface area contributed by atoms with Crippen LogP contribution in [0.3, 0.4) is 0 Å². The average Bonchev–Trinajstić information content (AvgIpc) is 2.78.